The van der Waals surface area contributed by atoms with Crippen molar-refractivity contribution in [3.63, 3.8) is 0 Å². The van der Waals surface area contributed by atoms with Crippen LogP contribution in [-0.4, -0.2) is 65.3 Å². The molecule has 0 bridgehead atoms. The van der Waals surface area contributed by atoms with Crippen LogP contribution in [0.25, 0.3) is 11.4 Å². The van der Waals surface area contributed by atoms with Crippen molar-refractivity contribution in [2.24, 2.45) is 0 Å². The molecule has 9 nitrogen and oxygen atoms in total. The average molecular weight is 447 g/mol. The predicted molar refractivity (Wildman–Crippen MR) is 122 cm³/mol. The fourth-order valence-electron chi connectivity index (χ4n) is 3.24. The maximum Gasteiger partial charge on any atom is 0.496 e. The Bertz CT molecular complexity index is 884. The molecule has 1 aliphatic rings. The highest BCUT2D eigenvalue weighted by atomic mass is 28.3. The molecule has 1 aliphatic heterocycles. The van der Waals surface area contributed by atoms with Gasteiger partial charge < -0.3 is 18.8 Å². The van der Waals surface area contributed by atoms with Crippen molar-refractivity contribution < 1.29 is 18.8 Å². The standard InChI is InChI=1S/C20H34BN5O4Si/c1-19(2)20(3,4)30-21(29-19)15-12-16(18(27-5)22-13-15)17-23-24-25-26(17)14-28-10-9-11-31(6,7)8/h12-13H,9-11,14H2,1-8H3. The molecule has 0 aromatic carbocycles. The molecule has 31 heavy (non-hydrogen) atoms. The van der Waals surface area contributed by atoms with Crippen LogP contribution < -0.4 is 10.2 Å². The highest BCUT2D eigenvalue weighted by Gasteiger charge is 2.52. The van der Waals surface area contributed by atoms with Crippen LogP contribution in [0, 0.1) is 0 Å². The Morgan fingerprint density at radius 1 is 1.13 bits per heavy atom. The summed E-state index contributed by atoms with van der Waals surface area (Å²) in [4.78, 5) is 4.44. The minimum Gasteiger partial charge on any atom is -0.480 e. The van der Waals surface area contributed by atoms with Gasteiger partial charge in [-0.25, -0.2) is 4.98 Å². The van der Waals surface area contributed by atoms with Gasteiger partial charge in [-0.1, -0.05) is 25.7 Å². The van der Waals surface area contributed by atoms with E-state index in [1.807, 2.05) is 33.8 Å². The van der Waals surface area contributed by atoms with Gasteiger partial charge in [0.05, 0.1) is 23.9 Å². The van der Waals surface area contributed by atoms with E-state index in [1.165, 1.54) is 6.04 Å². The number of nitrogens with zero attached hydrogens (tertiary/aromatic N) is 5. The van der Waals surface area contributed by atoms with Gasteiger partial charge in [0.25, 0.3) is 0 Å². The van der Waals surface area contributed by atoms with Gasteiger partial charge >= 0.3 is 7.12 Å². The quantitative estimate of drug-likeness (QED) is 0.428. The number of ether oxygens (including phenoxy) is 2. The smallest absolute Gasteiger partial charge is 0.480 e. The minimum absolute atomic E-state index is 0.262. The fraction of sp³-hybridized carbons (Fsp3) is 0.700. The Balaban J connectivity index is 1.77. The molecule has 170 valence electrons. The molecule has 0 atom stereocenters. The van der Waals surface area contributed by atoms with E-state index in [2.05, 4.69) is 40.2 Å². The summed E-state index contributed by atoms with van der Waals surface area (Å²) in [6.07, 6.45) is 2.74. The van der Waals surface area contributed by atoms with Crippen LogP contribution >= 0.6 is 0 Å². The maximum atomic E-state index is 6.16. The summed E-state index contributed by atoms with van der Waals surface area (Å²) in [6.45, 7) is 16.1. The number of aromatic nitrogens is 5. The normalized spacial score (nSPS) is 17.9. The maximum absolute atomic E-state index is 6.16. The molecule has 1 saturated heterocycles. The van der Waals surface area contributed by atoms with Crippen LogP contribution in [0.15, 0.2) is 12.3 Å². The lowest BCUT2D eigenvalue weighted by atomic mass is 9.79. The largest absolute Gasteiger partial charge is 0.496 e. The van der Waals surface area contributed by atoms with E-state index in [1.54, 1.807) is 18.0 Å². The van der Waals surface area contributed by atoms with Crippen molar-refractivity contribution in [3.05, 3.63) is 12.3 Å². The molecule has 3 rings (SSSR count). The van der Waals surface area contributed by atoms with Gasteiger partial charge in [-0.2, -0.15) is 4.68 Å². The zero-order valence-electron chi connectivity index (χ0n) is 19.9. The van der Waals surface area contributed by atoms with Gasteiger partial charge in [-0.3, -0.25) is 0 Å². The summed E-state index contributed by atoms with van der Waals surface area (Å²) in [7, 11) is -0.0320. The second-order valence-electron chi connectivity index (χ2n) is 10.1. The van der Waals surface area contributed by atoms with E-state index in [0.29, 0.717) is 23.9 Å². The molecule has 0 spiro atoms. The van der Waals surface area contributed by atoms with Gasteiger partial charge in [0, 0.05) is 26.3 Å². The van der Waals surface area contributed by atoms with E-state index in [4.69, 9.17) is 18.8 Å². The Labute approximate surface area is 186 Å². The lowest BCUT2D eigenvalue weighted by Crippen LogP contribution is -2.41. The number of rotatable bonds is 9. The van der Waals surface area contributed by atoms with Crippen molar-refractivity contribution in [1.29, 1.82) is 0 Å². The van der Waals surface area contributed by atoms with Crippen LogP contribution in [0.2, 0.25) is 25.7 Å². The van der Waals surface area contributed by atoms with Gasteiger partial charge in [0.2, 0.25) is 5.88 Å². The second-order valence-corrected chi connectivity index (χ2v) is 15.7. The molecule has 0 unspecified atom stereocenters. The molecule has 1 fully saturated rings. The summed E-state index contributed by atoms with van der Waals surface area (Å²) in [5.41, 5.74) is 0.553. The first kappa shape index (κ1) is 23.8. The predicted octanol–water partition coefficient (Wildman–Crippen LogP) is 2.75. The molecule has 0 radical (unpaired) electrons. The number of hydrogen-bond donors (Lipinski definition) is 0. The first-order chi connectivity index (χ1) is 14.4. The molecular formula is C20H34BN5O4Si. The Morgan fingerprint density at radius 2 is 1.81 bits per heavy atom. The third-order valence-electron chi connectivity index (χ3n) is 5.79. The number of pyridine rings is 1. The van der Waals surface area contributed by atoms with Gasteiger partial charge in [0.15, 0.2) is 5.82 Å². The first-order valence-corrected chi connectivity index (χ1v) is 14.4. The van der Waals surface area contributed by atoms with Crippen molar-refractivity contribution in [2.75, 3.05) is 13.7 Å². The average Bonchev–Trinajstić information content (AvgIpc) is 3.21. The molecule has 2 aromatic heterocycles. The summed E-state index contributed by atoms with van der Waals surface area (Å²) < 4.78 is 25.2. The summed E-state index contributed by atoms with van der Waals surface area (Å²) in [5, 5.41) is 12.1. The molecule has 11 heteroatoms. The number of methoxy groups -OCH3 is 1. The monoisotopic (exact) mass is 447 g/mol. The minimum atomic E-state index is -1.07. The van der Waals surface area contributed by atoms with E-state index in [-0.39, 0.29) is 6.73 Å². The third kappa shape index (κ3) is 5.52. The van der Waals surface area contributed by atoms with Crippen molar-refractivity contribution in [1.82, 2.24) is 25.2 Å². The molecule has 0 saturated carbocycles. The van der Waals surface area contributed by atoms with Crippen molar-refractivity contribution in [3.8, 4) is 17.3 Å². The molecule has 0 N–H and O–H groups in total. The second kappa shape index (κ2) is 8.97. The van der Waals surface area contributed by atoms with E-state index >= 15 is 0 Å². The van der Waals surface area contributed by atoms with Crippen LogP contribution in [0.1, 0.15) is 34.1 Å². The zero-order valence-corrected chi connectivity index (χ0v) is 20.9. The van der Waals surface area contributed by atoms with Crippen LogP contribution in [0.5, 0.6) is 5.88 Å². The van der Waals surface area contributed by atoms with Crippen LogP contribution in [0.4, 0.5) is 0 Å². The van der Waals surface area contributed by atoms with Gasteiger partial charge in [-0.15, -0.1) is 5.10 Å². The topological polar surface area (TPSA) is 93.4 Å². The van der Waals surface area contributed by atoms with Gasteiger partial charge in [-0.05, 0) is 50.6 Å². The van der Waals surface area contributed by atoms with E-state index < -0.39 is 26.4 Å². The summed E-state index contributed by atoms with van der Waals surface area (Å²) >= 11 is 0. The zero-order chi connectivity index (χ0) is 22.9. The number of tetrazole rings is 1. The van der Waals surface area contributed by atoms with Crippen LogP contribution in [0.3, 0.4) is 0 Å². The van der Waals surface area contributed by atoms with Crippen LogP contribution in [-0.2, 0) is 20.8 Å². The Kier molecular flexibility index (Phi) is 6.90. The molecule has 3 heterocycles. The lowest BCUT2D eigenvalue weighted by Gasteiger charge is -2.32. The molecular weight excluding hydrogens is 413 g/mol. The SMILES string of the molecule is COc1ncc(B2OC(C)(C)C(C)(C)O2)cc1-c1nnnn1COCCC[Si](C)(C)C. The third-order valence-corrected chi connectivity index (χ3v) is 7.65. The first-order valence-electron chi connectivity index (χ1n) is 10.7. The molecule has 2 aromatic rings. The highest BCUT2D eigenvalue weighted by Crippen LogP contribution is 2.37. The van der Waals surface area contributed by atoms with Crippen molar-refractivity contribution >= 4 is 20.7 Å². The number of hydrogen-bond acceptors (Lipinski definition) is 8. The highest BCUT2D eigenvalue weighted by molar-refractivity contribution is 6.76. The fourth-order valence-corrected chi connectivity index (χ4v) is 4.44. The van der Waals surface area contributed by atoms with E-state index in [9.17, 15) is 0 Å². The summed E-state index contributed by atoms with van der Waals surface area (Å²) in [6, 6.07) is 3.13. The van der Waals surface area contributed by atoms with Crippen molar-refractivity contribution in [2.45, 2.75) is 77.7 Å². The molecule has 0 aliphatic carbocycles. The Hall–Kier alpha value is -1.82. The summed E-state index contributed by atoms with van der Waals surface area (Å²) in [5.74, 6) is 0.947. The lowest BCUT2D eigenvalue weighted by molar-refractivity contribution is 0.00578. The Morgan fingerprint density at radius 3 is 2.42 bits per heavy atom. The molecule has 0 amide bonds. The van der Waals surface area contributed by atoms with E-state index in [0.717, 1.165) is 11.9 Å². The van der Waals surface area contributed by atoms with Gasteiger partial charge in [0.1, 0.15) is 6.73 Å².